The van der Waals surface area contributed by atoms with Gasteiger partial charge >= 0.3 is 0 Å². The molecular weight excluding hydrogens is 248 g/mol. The molecule has 0 aliphatic heterocycles. The molecule has 0 aliphatic carbocycles. The molecule has 1 unspecified atom stereocenters. The van der Waals surface area contributed by atoms with Gasteiger partial charge in [0.15, 0.2) is 0 Å². The average Bonchev–Trinajstić information content (AvgIpc) is 2.48. The summed E-state index contributed by atoms with van der Waals surface area (Å²) in [6.45, 7) is 5.11. The molecule has 1 N–H and O–H groups in total. The SMILES string of the molecule is CCC(C)Oc1cccc(NCCc2ccncc2)c1. The Morgan fingerprint density at radius 1 is 1.20 bits per heavy atom. The highest BCUT2D eigenvalue weighted by Crippen LogP contribution is 2.19. The van der Waals surface area contributed by atoms with Gasteiger partial charge in [-0.3, -0.25) is 4.98 Å². The number of rotatable bonds is 7. The van der Waals surface area contributed by atoms with Crippen LogP contribution in [-0.4, -0.2) is 17.6 Å². The minimum atomic E-state index is 0.252. The Kier molecular flexibility index (Phi) is 5.42. The monoisotopic (exact) mass is 270 g/mol. The molecule has 3 nitrogen and oxygen atoms in total. The molecule has 3 heteroatoms. The van der Waals surface area contributed by atoms with E-state index in [4.69, 9.17) is 4.74 Å². The maximum absolute atomic E-state index is 5.82. The van der Waals surface area contributed by atoms with Crippen molar-refractivity contribution in [2.24, 2.45) is 0 Å². The second-order valence-electron chi connectivity index (χ2n) is 4.90. The topological polar surface area (TPSA) is 34.1 Å². The molecule has 0 spiro atoms. The van der Waals surface area contributed by atoms with E-state index in [1.54, 1.807) is 0 Å². The van der Waals surface area contributed by atoms with Crippen molar-refractivity contribution in [3.63, 3.8) is 0 Å². The molecule has 20 heavy (non-hydrogen) atoms. The van der Waals surface area contributed by atoms with Gasteiger partial charge in [0.2, 0.25) is 0 Å². The van der Waals surface area contributed by atoms with E-state index in [0.29, 0.717) is 0 Å². The number of benzene rings is 1. The van der Waals surface area contributed by atoms with Crippen molar-refractivity contribution >= 4 is 5.69 Å². The number of hydrogen-bond acceptors (Lipinski definition) is 3. The number of ether oxygens (including phenoxy) is 1. The van der Waals surface area contributed by atoms with Crippen molar-refractivity contribution < 1.29 is 4.74 Å². The van der Waals surface area contributed by atoms with Crippen LogP contribution in [-0.2, 0) is 6.42 Å². The Bertz CT molecular complexity index is 513. The summed E-state index contributed by atoms with van der Waals surface area (Å²) in [6, 6.07) is 12.2. The van der Waals surface area contributed by atoms with Crippen molar-refractivity contribution in [3.8, 4) is 5.75 Å². The third kappa shape index (κ3) is 4.57. The van der Waals surface area contributed by atoms with Crippen LogP contribution in [0, 0.1) is 0 Å². The van der Waals surface area contributed by atoms with Crippen LogP contribution in [0.4, 0.5) is 5.69 Å². The van der Waals surface area contributed by atoms with Crippen molar-refractivity contribution in [1.29, 1.82) is 0 Å². The van der Waals surface area contributed by atoms with Crippen LogP contribution in [0.25, 0.3) is 0 Å². The van der Waals surface area contributed by atoms with Gasteiger partial charge in [-0.2, -0.15) is 0 Å². The molecule has 0 radical (unpaired) electrons. The second kappa shape index (κ2) is 7.53. The van der Waals surface area contributed by atoms with Crippen molar-refractivity contribution in [1.82, 2.24) is 4.98 Å². The molecule has 1 aromatic heterocycles. The third-order valence-electron chi connectivity index (χ3n) is 3.24. The molecule has 0 amide bonds. The van der Waals surface area contributed by atoms with E-state index >= 15 is 0 Å². The summed E-state index contributed by atoms with van der Waals surface area (Å²) in [7, 11) is 0. The molecule has 0 saturated heterocycles. The molecule has 0 aliphatic rings. The van der Waals surface area contributed by atoms with E-state index in [1.807, 2.05) is 36.7 Å². The second-order valence-corrected chi connectivity index (χ2v) is 4.90. The predicted molar refractivity (Wildman–Crippen MR) is 83.3 cm³/mol. The van der Waals surface area contributed by atoms with Gasteiger partial charge < -0.3 is 10.1 Å². The van der Waals surface area contributed by atoms with Crippen LogP contribution in [0.2, 0.25) is 0 Å². The lowest BCUT2D eigenvalue weighted by Gasteiger charge is -2.14. The van der Waals surface area contributed by atoms with Gasteiger partial charge in [-0.1, -0.05) is 13.0 Å². The lowest BCUT2D eigenvalue weighted by atomic mass is 10.2. The molecule has 0 fully saturated rings. The first kappa shape index (κ1) is 14.4. The summed E-state index contributed by atoms with van der Waals surface area (Å²) >= 11 is 0. The third-order valence-corrected chi connectivity index (χ3v) is 3.24. The van der Waals surface area contributed by atoms with Crippen LogP contribution >= 0.6 is 0 Å². The van der Waals surface area contributed by atoms with E-state index in [-0.39, 0.29) is 6.10 Å². The molecule has 2 aromatic rings. The van der Waals surface area contributed by atoms with E-state index in [1.165, 1.54) is 5.56 Å². The lowest BCUT2D eigenvalue weighted by molar-refractivity contribution is 0.217. The quantitative estimate of drug-likeness (QED) is 0.828. The minimum absolute atomic E-state index is 0.252. The molecule has 0 saturated carbocycles. The van der Waals surface area contributed by atoms with Gasteiger partial charge in [-0.05, 0) is 49.6 Å². The maximum atomic E-state index is 5.82. The summed E-state index contributed by atoms with van der Waals surface area (Å²) in [5.41, 5.74) is 2.39. The smallest absolute Gasteiger partial charge is 0.121 e. The van der Waals surface area contributed by atoms with Crippen LogP contribution in [0.1, 0.15) is 25.8 Å². The van der Waals surface area contributed by atoms with E-state index < -0.39 is 0 Å². The average molecular weight is 270 g/mol. The Morgan fingerprint density at radius 3 is 2.75 bits per heavy atom. The molecule has 1 aromatic carbocycles. The number of hydrogen-bond donors (Lipinski definition) is 1. The normalized spacial score (nSPS) is 11.9. The number of nitrogens with zero attached hydrogens (tertiary/aromatic N) is 1. The van der Waals surface area contributed by atoms with Gasteiger partial charge in [-0.15, -0.1) is 0 Å². The summed E-state index contributed by atoms with van der Waals surface area (Å²) < 4.78 is 5.82. The molecule has 1 heterocycles. The number of anilines is 1. The van der Waals surface area contributed by atoms with Crippen LogP contribution in [0.15, 0.2) is 48.8 Å². The van der Waals surface area contributed by atoms with Crippen LogP contribution in [0.3, 0.4) is 0 Å². The summed E-state index contributed by atoms with van der Waals surface area (Å²) in [6.07, 6.45) is 5.91. The van der Waals surface area contributed by atoms with E-state index in [0.717, 1.165) is 30.8 Å². The fourth-order valence-electron chi connectivity index (χ4n) is 1.90. The van der Waals surface area contributed by atoms with Gasteiger partial charge in [0.1, 0.15) is 5.75 Å². The zero-order valence-electron chi connectivity index (χ0n) is 12.2. The summed E-state index contributed by atoms with van der Waals surface area (Å²) in [5.74, 6) is 0.924. The molecule has 106 valence electrons. The summed E-state index contributed by atoms with van der Waals surface area (Å²) in [5, 5.41) is 3.42. The first-order chi connectivity index (χ1) is 9.78. The number of pyridine rings is 1. The molecular formula is C17H22N2O. The largest absolute Gasteiger partial charge is 0.491 e. The Balaban J connectivity index is 1.85. The molecule has 2 rings (SSSR count). The highest BCUT2D eigenvalue weighted by atomic mass is 16.5. The highest BCUT2D eigenvalue weighted by Gasteiger charge is 2.01. The Morgan fingerprint density at radius 2 is 2.00 bits per heavy atom. The standard InChI is InChI=1S/C17H22N2O/c1-3-14(2)20-17-6-4-5-16(13-17)19-12-9-15-7-10-18-11-8-15/h4-8,10-11,13-14,19H,3,9,12H2,1-2H3. The molecule has 1 atom stereocenters. The Hall–Kier alpha value is -2.03. The van der Waals surface area contributed by atoms with Crippen molar-refractivity contribution in [2.75, 3.05) is 11.9 Å². The zero-order valence-corrected chi connectivity index (χ0v) is 12.2. The van der Waals surface area contributed by atoms with Gasteiger partial charge in [0.25, 0.3) is 0 Å². The number of nitrogens with one attached hydrogen (secondary N) is 1. The van der Waals surface area contributed by atoms with Gasteiger partial charge in [0.05, 0.1) is 6.10 Å². The van der Waals surface area contributed by atoms with Gasteiger partial charge in [0, 0.05) is 30.7 Å². The minimum Gasteiger partial charge on any atom is -0.491 e. The fourth-order valence-corrected chi connectivity index (χ4v) is 1.90. The van der Waals surface area contributed by atoms with Crippen molar-refractivity contribution in [3.05, 3.63) is 54.4 Å². The number of aromatic nitrogens is 1. The fraction of sp³-hybridized carbons (Fsp3) is 0.353. The lowest BCUT2D eigenvalue weighted by Crippen LogP contribution is -2.10. The first-order valence-electron chi connectivity index (χ1n) is 7.17. The summed E-state index contributed by atoms with van der Waals surface area (Å²) in [4.78, 5) is 4.02. The van der Waals surface area contributed by atoms with Crippen LogP contribution in [0.5, 0.6) is 5.75 Å². The first-order valence-corrected chi connectivity index (χ1v) is 7.17. The van der Waals surface area contributed by atoms with E-state index in [9.17, 15) is 0 Å². The Labute approximate surface area is 121 Å². The zero-order chi connectivity index (χ0) is 14.2. The highest BCUT2D eigenvalue weighted by molar-refractivity contribution is 5.48. The van der Waals surface area contributed by atoms with Crippen LogP contribution < -0.4 is 10.1 Å². The maximum Gasteiger partial charge on any atom is 0.121 e. The van der Waals surface area contributed by atoms with Crippen molar-refractivity contribution in [2.45, 2.75) is 32.8 Å². The van der Waals surface area contributed by atoms with E-state index in [2.05, 4.69) is 36.3 Å². The predicted octanol–water partition coefficient (Wildman–Crippen LogP) is 3.91. The molecule has 0 bridgehead atoms. The van der Waals surface area contributed by atoms with Gasteiger partial charge in [-0.25, -0.2) is 0 Å².